The van der Waals surface area contributed by atoms with Gasteiger partial charge >= 0.3 is 0 Å². The number of amides is 1. The van der Waals surface area contributed by atoms with Gasteiger partial charge in [0.25, 0.3) is 0 Å². The first-order chi connectivity index (χ1) is 7.18. The number of rotatable bonds is 2. The van der Waals surface area contributed by atoms with Gasteiger partial charge in [0.15, 0.2) is 0 Å². The monoisotopic (exact) mass is 205 g/mol. The third kappa shape index (κ3) is 1.78. The van der Waals surface area contributed by atoms with Gasteiger partial charge in [-0.05, 0) is 0 Å². The number of H-pyrrole nitrogens is 1. The summed E-state index contributed by atoms with van der Waals surface area (Å²) in [4.78, 5) is 21.0. The molecule has 6 heteroatoms. The second-order valence-electron chi connectivity index (χ2n) is 3.42. The molecule has 1 N–H and O–H groups in total. The van der Waals surface area contributed by atoms with E-state index >= 15 is 0 Å². The zero-order valence-electron chi connectivity index (χ0n) is 8.56. The van der Waals surface area contributed by atoms with Crippen LogP contribution in [-0.4, -0.2) is 45.1 Å². The fourth-order valence-corrected chi connectivity index (χ4v) is 1.25. The van der Waals surface area contributed by atoms with E-state index < -0.39 is 0 Å². The molecule has 0 aliphatic heterocycles. The van der Waals surface area contributed by atoms with Gasteiger partial charge in [0.2, 0.25) is 5.91 Å². The molecule has 0 aliphatic carbocycles. The number of fused-ring (bicyclic) bond motifs is 1. The Morgan fingerprint density at radius 1 is 1.53 bits per heavy atom. The minimum Gasteiger partial charge on any atom is -0.348 e. The normalized spacial score (nSPS) is 10.5. The van der Waals surface area contributed by atoms with E-state index in [2.05, 4.69) is 20.2 Å². The Hall–Kier alpha value is -1.98. The average Bonchev–Trinajstić information content (AvgIpc) is 2.62. The second-order valence-corrected chi connectivity index (χ2v) is 3.42. The summed E-state index contributed by atoms with van der Waals surface area (Å²) in [5, 5.41) is 6.81. The van der Waals surface area contributed by atoms with Gasteiger partial charge in [-0.15, -0.1) is 0 Å². The van der Waals surface area contributed by atoms with Gasteiger partial charge in [-0.25, -0.2) is 9.97 Å². The SMILES string of the molecule is CN(C)C(=O)Cc1[nH]nc2cncnc12. The molecule has 0 bridgehead atoms. The van der Waals surface area contributed by atoms with Crippen LogP contribution >= 0.6 is 0 Å². The highest BCUT2D eigenvalue weighted by Crippen LogP contribution is 2.11. The highest BCUT2D eigenvalue weighted by molar-refractivity contribution is 5.84. The van der Waals surface area contributed by atoms with Crippen LogP contribution in [-0.2, 0) is 11.2 Å². The first kappa shape index (κ1) is 9.57. The summed E-state index contributed by atoms with van der Waals surface area (Å²) in [5.74, 6) is 0.0131. The number of hydrogen-bond donors (Lipinski definition) is 1. The van der Waals surface area contributed by atoms with Crippen molar-refractivity contribution in [1.29, 1.82) is 0 Å². The molecule has 6 nitrogen and oxygen atoms in total. The molecule has 0 spiro atoms. The van der Waals surface area contributed by atoms with E-state index in [1.165, 1.54) is 11.2 Å². The Balaban J connectivity index is 2.33. The van der Waals surface area contributed by atoms with Crippen LogP contribution in [0.3, 0.4) is 0 Å². The standard InChI is InChI=1S/C9H11N5O/c1-14(2)8(15)3-6-9-7(13-12-6)4-10-5-11-9/h4-5H,3H2,1-2H3,(H,12,13). The molecule has 1 amide bonds. The van der Waals surface area contributed by atoms with E-state index in [-0.39, 0.29) is 12.3 Å². The number of nitrogens with zero attached hydrogens (tertiary/aromatic N) is 4. The second kappa shape index (κ2) is 3.64. The number of aromatic nitrogens is 4. The Morgan fingerprint density at radius 2 is 2.33 bits per heavy atom. The van der Waals surface area contributed by atoms with Gasteiger partial charge < -0.3 is 4.90 Å². The summed E-state index contributed by atoms with van der Waals surface area (Å²) in [6, 6.07) is 0. The fraction of sp³-hybridized carbons (Fsp3) is 0.333. The van der Waals surface area contributed by atoms with E-state index in [0.717, 1.165) is 5.69 Å². The highest BCUT2D eigenvalue weighted by atomic mass is 16.2. The number of nitrogens with one attached hydrogen (secondary N) is 1. The van der Waals surface area contributed by atoms with Crippen LogP contribution in [0.2, 0.25) is 0 Å². The minimum absolute atomic E-state index is 0.0131. The molecule has 2 rings (SSSR count). The summed E-state index contributed by atoms with van der Waals surface area (Å²) in [6.07, 6.45) is 3.34. The van der Waals surface area contributed by atoms with Crippen molar-refractivity contribution in [3.63, 3.8) is 0 Å². The van der Waals surface area contributed by atoms with Crippen molar-refractivity contribution in [2.45, 2.75) is 6.42 Å². The zero-order chi connectivity index (χ0) is 10.8. The molecular formula is C9H11N5O. The maximum atomic E-state index is 11.5. The zero-order valence-corrected chi connectivity index (χ0v) is 8.56. The lowest BCUT2D eigenvalue weighted by atomic mass is 10.2. The van der Waals surface area contributed by atoms with Crippen LogP contribution in [0, 0.1) is 0 Å². The smallest absolute Gasteiger partial charge is 0.228 e. The van der Waals surface area contributed by atoms with Gasteiger partial charge in [-0.2, -0.15) is 5.10 Å². The van der Waals surface area contributed by atoms with Gasteiger partial charge in [0, 0.05) is 14.1 Å². The summed E-state index contributed by atoms with van der Waals surface area (Å²) in [7, 11) is 3.44. The average molecular weight is 205 g/mol. The highest BCUT2D eigenvalue weighted by Gasteiger charge is 2.11. The van der Waals surface area contributed by atoms with Gasteiger partial charge in [-0.3, -0.25) is 9.89 Å². The van der Waals surface area contributed by atoms with Gasteiger partial charge in [0.1, 0.15) is 17.4 Å². The molecule has 0 radical (unpaired) electrons. The molecule has 78 valence electrons. The fourth-order valence-electron chi connectivity index (χ4n) is 1.25. The number of carbonyl (C=O) groups is 1. The van der Waals surface area contributed by atoms with Crippen molar-refractivity contribution in [3.8, 4) is 0 Å². The molecule has 0 aromatic carbocycles. The lowest BCUT2D eigenvalue weighted by molar-refractivity contribution is -0.128. The number of likely N-dealkylation sites (N-methyl/N-ethyl adjacent to an activating group) is 1. The third-order valence-electron chi connectivity index (χ3n) is 2.12. The Labute approximate surface area is 86.3 Å². The number of carbonyl (C=O) groups excluding carboxylic acids is 1. The summed E-state index contributed by atoms with van der Waals surface area (Å²) >= 11 is 0. The van der Waals surface area contributed by atoms with Crippen LogP contribution in [0.15, 0.2) is 12.5 Å². The van der Waals surface area contributed by atoms with E-state index in [1.54, 1.807) is 20.3 Å². The van der Waals surface area contributed by atoms with Crippen molar-refractivity contribution in [1.82, 2.24) is 25.1 Å². The van der Waals surface area contributed by atoms with Crippen LogP contribution in [0.1, 0.15) is 5.69 Å². The van der Waals surface area contributed by atoms with Crippen molar-refractivity contribution in [3.05, 3.63) is 18.2 Å². The van der Waals surface area contributed by atoms with E-state index in [0.29, 0.717) is 11.0 Å². The van der Waals surface area contributed by atoms with Crippen LogP contribution in [0.5, 0.6) is 0 Å². The topological polar surface area (TPSA) is 74.8 Å². The quantitative estimate of drug-likeness (QED) is 0.747. The molecule has 0 saturated carbocycles. The minimum atomic E-state index is 0.0131. The molecule has 0 atom stereocenters. The maximum absolute atomic E-state index is 11.5. The summed E-state index contributed by atoms with van der Waals surface area (Å²) in [5.41, 5.74) is 2.12. The first-order valence-corrected chi connectivity index (χ1v) is 4.51. The van der Waals surface area contributed by atoms with Crippen LogP contribution < -0.4 is 0 Å². The molecule has 0 aliphatic rings. The molecule has 15 heavy (non-hydrogen) atoms. The van der Waals surface area contributed by atoms with Gasteiger partial charge in [-0.1, -0.05) is 0 Å². The largest absolute Gasteiger partial charge is 0.348 e. The summed E-state index contributed by atoms with van der Waals surface area (Å²) < 4.78 is 0. The van der Waals surface area contributed by atoms with Crippen LogP contribution in [0.4, 0.5) is 0 Å². The first-order valence-electron chi connectivity index (χ1n) is 4.51. The molecule has 2 aromatic heterocycles. The van der Waals surface area contributed by atoms with Crippen molar-refractivity contribution >= 4 is 16.9 Å². The van der Waals surface area contributed by atoms with E-state index in [1.807, 2.05) is 0 Å². The lowest BCUT2D eigenvalue weighted by Crippen LogP contribution is -2.23. The lowest BCUT2D eigenvalue weighted by Gasteiger charge is -2.08. The molecule has 2 aromatic rings. The summed E-state index contributed by atoms with van der Waals surface area (Å²) in [6.45, 7) is 0. The maximum Gasteiger partial charge on any atom is 0.228 e. The van der Waals surface area contributed by atoms with Crippen LogP contribution in [0.25, 0.3) is 11.0 Å². The predicted molar refractivity (Wildman–Crippen MR) is 54.1 cm³/mol. The third-order valence-corrected chi connectivity index (χ3v) is 2.12. The Morgan fingerprint density at radius 3 is 3.07 bits per heavy atom. The van der Waals surface area contributed by atoms with Crippen molar-refractivity contribution < 1.29 is 4.79 Å². The molecule has 0 fully saturated rings. The molecule has 0 saturated heterocycles. The molecular weight excluding hydrogens is 194 g/mol. The predicted octanol–water partition coefficient (Wildman–Crippen LogP) is -0.0164. The number of hydrogen-bond acceptors (Lipinski definition) is 4. The van der Waals surface area contributed by atoms with Crippen molar-refractivity contribution in [2.24, 2.45) is 0 Å². The Kier molecular flexibility index (Phi) is 2.32. The van der Waals surface area contributed by atoms with E-state index in [4.69, 9.17) is 0 Å². The van der Waals surface area contributed by atoms with E-state index in [9.17, 15) is 4.79 Å². The molecule has 2 heterocycles. The Bertz CT molecular complexity index is 490. The van der Waals surface area contributed by atoms with Gasteiger partial charge in [0.05, 0.1) is 18.3 Å². The molecule has 0 unspecified atom stereocenters. The van der Waals surface area contributed by atoms with Crippen molar-refractivity contribution in [2.75, 3.05) is 14.1 Å². The number of aromatic amines is 1.